The number of nitrogens with zero attached hydrogens (tertiary/aromatic N) is 2. The van der Waals surface area contributed by atoms with Crippen LogP contribution < -0.4 is 30.1 Å². The first-order valence-electron chi connectivity index (χ1n) is 7.32. The zero-order valence-electron chi connectivity index (χ0n) is 15.4. The maximum absolute atomic E-state index is 10.7. The molecule has 0 aliphatic carbocycles. The van der Waals surface area contributed by atoms with Crippen molar-refractivity contribution in [3.05, 3.63) is 38.0 Å². The Morgan fingerprint density at radius 1 is 0.957 bits per heavy atom. The van der Waals surface area contributed by atoms with Gasteiger partial charge in [-0.05, 0) is 18.2 Å². The summed E-state index contributed by atoms with van der Waals surface area (Å²) in [6.07, 6.45) is 6.17. The third-order valence-electron chi connectivity index (χ3n) is 2.74. The van der Waals surface area contributed by atoms with Gasteiger partial charge in [0.05, 0.1) is 54.9 Å². The Balaban J connectivity index is -0.000000149. The van der Waals surface area contributed by atoms with E-state index in [0.717, 1.165) is 41.6 Å². The van der Waals surface area contributed by atoms with Crippen molar-refractivity contribution in [1.29, 1.82) is 0 Å². The van der Waals surface area contributed by atoms with Gasteiger partial charge in [-0.3, -0.25) is 4.79 Å². The molecule has 0 saturated heterocycles. The Hall–Kier alpha value is -0.810. The summed E-state index contributed by atoms with van der Waals surface area (Å²) < 4.78 is 1.89. The van der Waals surface area contributed by atoms with Gasteiger partial charge in [-0.15, -0.1) is 0 Å². The number of nitrogens with one attached hydrogen (secondary N) is 1. The van der Waals surface area contributed by atoms with E-state index in [4.69, 9.17) is 0 Å². The highest BCUT2D eigenvalue weighted by molar-refractivity contribution is 5.86. The van der Waals surface area contributed by atoms with Crippen molar-refractivity contribution in [2.45, 2.75) is 6.42 Å². The van der Waals surface area contributed by atoms with Gasteiger partial charge in [0.15, 0.2) is 0 Å². The van der Waals surface area contributed by atoms with Crippen LogP contribution >= 0.6 is 0 Å². The maximum Gasteiger partial charge on any atom is 0.243 e. The average molecular weight is 368 g/mol. The third kappa shape index (κ3) is 26.4. The molecular weight excluding hydrogens is 333 g/mol. The van der Waals surface area contributed by atoms with Crippen LogP contribution in [0, 0.1) is 0 Å². The third-order valence-corrected chi connectivity index (χ3v) is 2.74. The number of likely N-dealkylation sites (N-methyl/N-ethyl adjacent to an activating group) is 1. The Morgan fingerprint density at radius 3 is 1.70 bits per heavy atom. The Morgan fingerprint density at radius 2 is 1.39 bits per heavy atom. The minimum absolute atomic E-state index is 0. The van der Waals surface area contributed by atoms with Gasteiger partial charge in [0, 0.05) is 13.0 Å². The number of amides is 1. The van der Waals surface area contributed by atoms with Crippen LogP contribution in [0.2, 0.25) is 0 Å². The summed E-state index contributed by atoms with van der Waals surface area (Å²) in [7, 11) is 10.7. The van der Waals surface area contributed by atoms with Crippen molar-refractivity contribution in [2.24, 2.45) is 0 Å². The molecule has 0 atom stereocenters. The summed E-state index contributed by atoms with van der Waals surface area (Å²) in [5.74, 6) is -0.0867. The second-order valence-electron chi connectivity index (χ2n) is 6.74. The van der Waals surface area contributed by atoms with Gasteiger partial charge in [0.2, 0.25) is 5.91 Å². The molecule has 1 amide bonds. The lowest BCUT2D eigenvalue weighted by molar-refractivity contribution is -0.878. The molecule has 0 aromatic heterocycles. The van der Waals surface area contributed by atoms with Gasteiger partial charge < -0.3 is 39.1 Å². The molecule has 0 bridgehead atoms. The van der Waals surface area contributed by atoms with E-state index in [0.29, 0.717) is 0 Å². The van der Waals surface area contributed by atoms with Crippen LogP contribution in [0.5, 0.6) is 0 Å². The second kappa shape index (κ2) is 16.1. The molecule has 0 radical (unpaired) electrons. The van der Waals surface area contributed by atoms with E-state index in [1.165, 1.54) is 6.08 Å². The first-order valence-corrected chi connectivity index (χ1v) is 7.32. The van der Waals surface area contributed by atoms with E-state index in [9.17, 15) is 4.79 Å². The minimum atomic E-state index is -0.0867. The molecule has 138 valence electrons. The number of quaternary nitrogens is 2. The van der Waals surface area contributed by atoms with E-state index in [1.807, 2.05) is 12.2 Å². The fourth-order valence-corrected chi connectivity index (χ4v) is 1.61. The average Bonchev–Trinajstić information content (AvgIpc) is 2.33. The van der Waals surface area contributed by atoms with Crippen LogP contribution in [0.1, 0.15) is 6.42 Å². The van der Waals surface area contributed by atoms with Gasteiger partial charge in [0.1, 0.15) is 0 Å². The highest BCUT2D eigenvalue weighted by Crippen LogP contribution is 1.95. The summed E-state index contributed by atoms with van der Waals surface area (Å²) in [6.45, 7) is 14.5. The molecule has 6 heteroatoms. The highest BCUT2D eigenvalue weighted by Gasteiger charge is 2.07. The number of rotatable bonds is 9. The predicted molar refractivity (Wildman–Crippen MR) is 93.0 cm³/mol. The Labute approximate surface area is 155 Å². The molecule has 0 rings (SSSR count). The smallest absolute Gasteiger partial charge is 0.243 e. The molecule has 4 nitrogen and oxygen atoms in total. The van der Waals surface area contributed by atoms with Crippen LogP contribution in [0.3, 0.4) is 0 Å². The Bertz CT molecular complexity index is 325. The molecule has 0 fully saturated rings. The number of hydrogen-bond donors (Lipinski definition) is 1. The fraction of sp³-hybridized carbons (Fsp3) is 0.588. The molecule has 0 aliphatic heterocycles. The van der Waals surface area contributed by atoms with Crippen LogP contribution in [0.25, 0.3) is 0 Å². The molecule has 1 N–H and O–H groups in total. The van der Waals surface area contributed by atoms with Gasteiger partial charge in [-0.1, -0.05) is 19.7 Å². The van der Waals surface area contributed by atoms with E-state index in [-0.39, 0.29) is 30.7 Å². The van der Waals surface area contributed by atoms with Crippen molar-refractivity contribution in [3.63, 3.8) is 0 Å². The zero-order chi connectivity index (χ0) is 16.9. The van der Waals surface area contributed by atoms with E-state index in [2.05, 4.69) is 60.3 Å². The summed E-state index contributed by atoms with van der Waals surface area (Å²) >= 11 is 0. The van der Waals surface area contributed by atoms with Crippen LogP contribution in [0.4, 0.5) is 0 Å². The zero-order valence-corrected chi connectivity index (χ0v) is 17.0. The Kier molecular flexibility index (Phi) is 21.0. The normalized spacial score (nSPS) is 9.96. The first-order chi connectivity index (χ1) is 9.58. The van der Waals surface area contributed by atoms with Gasteiger partial charge in [-0.25, -0.2) is 0 Å². The largest absolute Gasteiger partial charge is 1.00 e. The van der Waals surface area contributed by atoms with E-state index in [1.54, 1.807) is 0 Å². The molecule has 0 aliphatic rings. The molecule has 0 heterocycles. The second-order valence-corrected chi connectivity index (χ2v) is 6.74. The highest BCUT2D eigenvalue weighted by atomic mass is 35.5. The predicted octanol–water partition coefficient (Wildman–Crippen LogP) is -4.17. The van der Waals surface area contributed by atoms with Crippen LogP contribution in [0.15, 0.2) is 38.0 Å². The SMILES string of the molecule is C=CC(=O)NCCC[N+](C)(C)C.C=CC[N+](C)(C)CC=C.[Cl-].[Cl-]. The summed E-state index contributed by atoms with van der Waals surface area (Å²) in [6, 6.07) is 0. The van der Waals surface area contributed by atoms with Crippen molar-refractivity contribution in [3.8, 4) is 0 Å². The minimum Gasteiger partial charge on any atom is -1.00 e. The molecule has 0 saturated carbocycles. The lowest BCUT2D eigenvalue weighted by atomic mass is 10.3. The fourth-order valence-electron chi connectivity index (χ4n) is 1.61. The van der Waals surface area contributed by atoms with Crippen LogP contribution in [-0.2, 0) is 4.79 Å². The van der Waals surface area contributed by atoms with E-state index >= 15 is 0 Å². The maximum atomic E-state index is 10.7. The summed E-state index contributed by atoms with van der Waals surface area (Å²) in [5.41, 5.74) is 0. The number of hydrogen-bond acceptors (Lipinski definition) is 1. The van der Waals surface area contributed by atoms with Gasteiger partial charge in [0.25, 0.3) is 0 Å². The lowest BCUT2D eigenvalue weighted by Crippen LogP contribution is -3.00. The molecule has 0 spiro atoms. The monoisotopic (exact) mass is 367 g/mol. The van der Waals surface area contributed by atoms with Gasteiger partial charge in [-0.2, -0.15) is 0 Å². The topological polar surface area (TPSA) is 29.1 Å². The molecule has 23 heavy (non-hydrogen) atoms. The molecule has 0 aromatic rings. The standard InChI is InChI=1S/C9H18N2O.C8H16N.2ClH/c1-5-9(12)10-7-6-8-11(2,3)4;1-5-7-9(3,4)8-6-2;;/h5H,1,6-8H2,2-4H3;5-6H,1-2,7-8H2,3-4H3;2*1H/q;+1;;/p-1. The summed E-state index contributed by atoms with van der Waals surface area (Å²) in [5, 5.41) is 2.74. The van der Waals surface area contributed by atoms with Crippen molar-refractivity contribution in [1.82, 2.24) is 5.32 Å². The first kappa shape index (κ1) is 30.1. The van der Waals surface area contributed by atoms with Crippen molar-refractivity contribution in [2.75, 3.05) is 61.4 Å². The lowest BCUT2D eigenvalue weighted by Gasteiger charge is -2.26. The molecule has 0 aromatic carbocycles. The number of halogens is 2. The van der Waals surface area contributed by atoms with Crippen molar-refractivity contribution < 1.29 is 38.6 Å². The molecule has 0 unspecified atom stereocenters. The van der Waals surface area contributed by atoms with Crippen LogP contribution in [-0.4, -0.2) is 76.3 Å². The quantitative estimate of drug-likeness (QED) is 0.190. The van der Waals surface area contributed by atoms with E-state index < -0.39 is 0 Å². The number of carbonyl (C=O) groups is 1. The molecular formula is C17H35Cl2N3O. The number of carbonyl (C=O) groups excluding carboxylic acids is 1. The van der Waals surface area contributed by atoms with Crippen molar-refractivity contribution >= 4 is 5.91 Å². The summed E-state index contributed by atoms with van der Waals surface area (Å²) in [4.78, 5) is 10.7. The van der Waals surface area contributed by atoms with Gasteiger partial charge >= 0.3 is 0 Å².